The van der Waals surface area contributed by atoms with Gasteiger partial charge in [0.05, 0.1) is 56.5 Å². The van der Waals surface area contributed by atoms with Crippen LogP contribution in [0.3, 0.4) is 0 Å². The van der Waals surface area contributed by atoms with Crippen LogP contribution in [0.15, 0.2) is 114 Å². The normalized spacial score (nSPS) is 11.3. The Balaban J connectivity index is 1.38. The van der Waals surface area contributed by atoms with Gasteiger partial charge in [-0.1, -0.05) is 36.4 Å². The number of nitrogens with zero attached hydrogens (tertiary/aromatic N) is 6. The Bertz CT molecular complexity index is 2950. The highest BCUT2D eigenvalue weighted by Crippen LogP contribution is 2.43. The fourth-order valence-electron chi connectivity index (χ4n) is 7.08. The minimum Gasteiger partial charge on any atom is -0.453 e. The maximum atomic E-state index is 10.3. The summed E-state index contributed by atoms with van der Waals surface area (Å²) in [5, 5.41) is 44.7. The number of rotatable bonds is 2. The maximum Gasteiger partial charge on any atom is 0.154 e. The minimum absolute atomic E-state index is 0.386. The van der Waals surface area contributed by atoms with Gasteiger partial charge in [0, 0.05) is 43.7 Å². The molecule has 0 saturated carbocycles. The molecule has 7 heteroatoms. The summed E-state index contributed by atoms with van der Waals surface area (Å²) in [6, 6.07) is 44.0. The van der Waals surface area contributed by atoms with Crippen molar-refractivity contribution in [2.45, 2.75) is 0 Å². The van der Waals surface area contributed by atoms with Crippen LogP contribution in [0.2, 0.25) is 0 Å². The third-order valence-electron chi connectivity index (χ3n) is 9.01. The van der Waals surface area contributed by atoms with E-state index in [1.165, 1.54) is 0 Å². The second kappa shape index (κ2) is 9.59. The molecule has 0 radical (unpaired) electrons. The molecule has 0 saturated heterocycles. The standard InChI is InChI=1S/C40H18N6O/c41-19-23-11-13-34-31(15-23)32-16-24(20-42)12-14-35(32)45(34)27-6-4-7-28(18-27)46-33-10-2-1-8-29(33)37-36(46)17-26(22-44)40-38(37)30-9-3-5-25(21-43)39(30)47-40/h1-18H. The minimum atomic E-state index is 0.386. The molecule has 3 heterocycles. The lowest BCUT2D eigenvalue weighted by molar-refractivity contribution is 0.666. The molecule has 6 aromatic carbocycles. The molecule has 0 fully saturated rings. The lowest BCUT2D eigenvalue weighted by Gasteiger charge is -2.13. The molecule has 7 nitrogen and oxygen atoms in total. The molecule has 0 spiro atoms. The van der Waals surface area contributed by atoms with Crippen molar-refractivity contribution in [2.75, 3.05) is 0 Å². The Morgan fingerprint density at radius 3 is 1.68 bits per heavy atom. The van der Waals surface area contributed by atoms with E-state index < -0.39 is 0 Å². The van der Waals surface area contributed by atoms with Gasteiger partial charge in [0.15, 0.2) is 11.2 Å². The maximum absolute atomic E-state index is 10.3. The second-order valence-electron chi connectivity index (χ2n) is 11.4. The lowest BCUT2D eigenvalue weighted by atomic mass is 10.0. The van der Waals surface area contributed by atoms with Crippen molar-refractivity contribution in [3.63, 3.8) is 0 Å². The Hall–Kier alpha value is -7.32. The molecule has 9 aromatic rings. The van der Waals surface area contributed by atoms with E-state index in [2.05, 4.69) is 51.6 Å². The van der Waals surface area contributed by atoms with Gasteiger partial charge in [-0.2, -0.15) is 21.0 Å². The molecule has 0 aliphatic rings. The highest BCUT2D eigenvalue weighted by molar-refractivity contribution is 6.28. The third kappa shape index (κ3) is 3.51. The predicted molar refractivity (Wildman–Crippen MR) is 181 cm³/mol. The van der Waals surface area contributed by atoms with Crippen molar-refractivity contribution in [3.8, 4) is 35.7 Å². The van der Waals surface area contributed by atoms with E-state index in [9.17, 15) is 21.0 Å². The predicted octanol–water partition coefficient (Wildman–Crippen LogP) is 9.27. The Kier molecular flexibility index (Phi) is 5.33. The van der Waals surface area contributed by atoms with Gasteiger partial charge in [-0.15, -0.1) is 0 Å². The molecule has 47 heavy (non-hydrogen) atoms. The van der Waals surface area contributed by atoms with Crippen LogP contribution in [0.4, 0.5) is 0 Å². The zero-order valence-electron chi connectivity index (χ0n) is 24.5. The van der Waals surface area contributed by atoms with Crippen LogP contribution in [-0.4, -0.2) is 9.13 Å². The summed E-state index contributed by atoms with van der Waals surface area (Å²) in [5.41, 5.74) is 8.26. The SMILES string of the molecule is N#Cc1ccc2c(c1)c1cc(C#N)ccc1n2-c1cccc(-n2c3ccccc3c3c4c(oc5c(C#N)cccc54)c(C#N)cc32)c1. The number of hydrogen-bond donors (Lipinski definition) is 0. The summed E-state index contributed by atoms with van der Waals surface area (Å²) >= 11 is 0. The van der Waals surface area contributed by atoms with Crippen molar-refractivity contribution in [1.29, 1.82) is 21.0 Å². The smallest absolute Gasteiger partial charge is 0.154 e. The number of para-hydroxylation sites is 2. The van der Waals surface area contributed by atoms with Crippen molar-refractivity contribution < 1.29 is 4.42 Å². The first-order chi connectivity index (χ1) is 23.1. The van der Waals surface area contributed by atoms with Gasteiger partial charge in [0.25, 0.3) is 0 Å². The average molecular weight is 599 g/mol. The average Bonchev–Trinajstić information content (AvgIpc) is 3.78. The number of benzene rings is 6. The monoisotopic (exact) mass is 598 g/mol. The van der Waals surface area contributed by atoms with E-state index in [1.807, 2.05) is 72.8 Å². The molecule has 0 amide bonds. The summed E-state index contributed by atoms with van der Waals surface area (Å²) in [7, 11) is 0. The van der Waals surface area contributed by atoms with Crippen molar-refractivity contribution >= 4 is 65.6 Å². The second-order valence-corrected chi connectivity index (χ2v) is 11.4. The Morgan fingerprint density at radius 1 is 0.426 bits per heavy atom. The van der Waals surface area contributed by atoms with Crippen LogP contribution in [0.5, 0.6) is 0 Å². The van der Waals surface area contributed by atoms with Crippen molar-refractivity contribution in [3.05, 3.63) is 131 Å². The molecule has 0 bridgehead atoms. The summed E-state index contributed by atoms with van der Waals surface area (Å²) in [4.78, 5) is 0. The van der Waals surface area contributed by atoms with Gasteiger partial charge in [-0.3, -0.25) is 0 Å². The zero-order valence-corrected chi connectivity index (χ0v) is 24.5. The summed E-state index contributed by atoms with van der Waals surface area (Å²) in [6.07, 6.45) is 0. The van der Waals surface area contributed by atoms with Gasteiger partial charge < -0.3 is 13.6 Å². The van der Waals surface area contributed by atoms with E-state index >= 15 is 0 Å². The number of hydrogen-bond acceptors (Lipinski definition) is 5. The number of furan rings is 1. The first-order valence-electron chi connectivity index (χ1n) is 14.8. The van der Waals surface area contributed by atoms with Crippen LogP contribution >= 0.6 is 0 Å². The quantitative estimate of drug-likeness (QED) is 0.196. The fraction of sp³-hybridized carbons (Fsp3) is 0. The third-order valence-corrected chi connectivity index (χ3v) is 9.01. The Morgan fingerprint density at radius 2 is 1.02 bits per heavy atom. The first kappa shape index (κ1) is 26.1. The van der Waals surface area contributed by atoms with Crippen LogP contribution in [0, 0.1) is 45.3 Å². The fourth-order valence-corrected chi connectivity index (χ4v) is 7.08. The molecule has 0 aliphatic heterocycles. The molecule has 0 aliphatic carbocycles. The highest BCUT2D eigenvalue weighted by atomic mass is 16.3. The van der Waals surface area contributed by atoms with Gasteiger partial charge in [0.1, 0.15) is 12.1 Å². The molecule has 9 rings (SSSR count). The van der Waals surface area contributed by atoms with Gasteiger partial charge in [-0.25, -0.2) is 0 Å². The first-order valence-corrected chi connectivity index (χ1v) is 14.8. The van der Waals surface area contributed by atoms with E-state index in [1.54, 1.807) is 18.2 Å². The molecule has 3 aromatic heterocycles. The van der Waals surface area contributed by atoms with Crippen LogP contribution < -0.4 is 0 Å². The van der Waals surface area contributed by atoms with Crippen LogP contribution in [-0.2, 0) is 0 Å². The molecule has 0 unspecified atom stereocenters. The molecule has 214 valence electrons. The Labute approximate surface area is 266 Å². The zero-order chi connectivity index (χ0) is 31.8. The van der Waals surface area contributed by atoms with Crippen LogP contribution in [0.25, 0.3) is 76.9 Å². The van der Waals surface area contributed by atoms with Crippen molar-refractivity contribution in [1.82, 2.24) is 9.13 Å². The molecular weight excluding hydrogens is 580 g/mol. The molecule has 0 atom stereocenters. The van der Waals surface area contributed by atoms with E-state index in [-0.39, 0.29) is 0 Å². The molecule has 0 N–H and O–H groups in total. The largest absolute Gasteiger partial charge is 0.453 e. The van der Waals surface area contributed by atoms with E-state index in [0.717, 1.165) is 65.8 Å². The summed E-state index contributed by atoms with van der Waals surface area (Å²) in [5.74, 6) is 0. The van der Waals surface area contributed by atoms with Crippen molar-refractivity contribution in [2.24, 2.45) is 0 Å². The topological polar surface area (TPSA) is 118 Å². The van der Waals surface area contributed by atoms with Gasteiger partial charge in [0.2, 0.25) is 0 Å². The number of nitriles is 4. The van der Waals surface area contributed by atoms with E-state index in [4.69, 9.17) is 4.42 Å². The summed E-state index contributed by atoms with van der Waals surface area (Å²) < 4.78 is 10.6. The lowest BCUT2D eigenvalue weighted by Crippen LogP contribution is -1.99. The number of fused-ring (bicyclic) bond motifs is 10. The van der Waals surface area contributed by atoms with Crippen LogP contribution in [0.1, 0.15) is 22.3 Å². The van der Waals surface area contributed by atoms with Gasteiger partial charge >= 0.3 is 0 Å². The van der Waals surface area contributed by atoms with Gasteiger partial charge in [-0.05, 0) is 72.8 Å². The highest BCUT2D eigenvalue weighted by Gasteiger charge is 2.23. The van der Waals surface area contributed by atoms with E-state index in [0.29, 0.717) is 33.4 Å². The summed E-state index contributed by atoms with van der Waals surface area (Å²) in [6.45, 7) is 0. The number of aromatic nitrogens is 2. The molecular formula is C40H18N6O.